The Morgan fingerprint density at radius 2 is 2.05 bits per heavy atom. The number of hydrogen-bond donors (Lipinski definition) is 2. The van der Waals surface area contributed by atoms with Gasteiger partial charge in [0.1, 0.15) is 5.60 Å². The summed E-state index contributed by atoms with van der Waals surface area (Å²) in [6.07, 6.45) is 2.37. The zero-order chi connectivity index (χ0) is 15.3. The number of amides is 2. The number of rotatable bonds is 5. The highest BCUT2D eigenvalue weighted by atomic mass is 16.3. The van der Waals surface area contributed by atoms with Gasteiger partial charge in [-0.1, -0.05) is 30.3 Å². The Morgan fingerprint density at radius 1 is 1.33 bits per heavy atom. The van der Waals surface area contributed by atoms with E-state index in [-0.39, 0.29) is 24.9 Å². The van der Waals surface area contributed by atoms with Gasteiger partial charge in [-0.2, -0.15) is 0 Å². The molecule has 114 valence electrons. The summed E-state index contributed by atoms with van der Waals surface area (Å²) < 4.78 is 0. The number of carbonyl (C=O) groups is 2. The van der Waals surface area contributed by atoms with Crippen LogP contribution in [0.3, 0.4) is 0 Å². The van der Waals surface area contributed by atoms with E-state index in [9.17, 15) is 14.7 Å². The first-order chi connectivity index (χ1) is 9.99. The van der Waals surface area contributed by atoms with Gasteiger partial charge in [0.15, 0.2) is 0 Å². The summed E-state index contributed by atoms with van der Waals surface area (Å²) in [6.45, 7) is 2.50. The van der Waals surface area contributed by atoms with Gasteiger partial charge in [-0.3, -0.25) is 9.59 Å². The molecular formula is C16H22N2O3. The van der Waals surface area contributed by atoms with Crippen LogP contribution in [-0.4, -0.2) is 41.5 Å². The fourth-order valence-corrected chi connectivity index (χ4v) is 2.43. The predicted molar refractivity (Wildman–Crippen MR) is 79.5 cm³/mol. The molecule has 5 heteroatoms. The molecule has 2 amide bonds. The van der Waals surface area contributed by atoms with Crippen molar-refractivity contribution in [3.8, 4) is 0 Å². The highest BCUT2D eigenvalue weighted by molar-refractivity contribution is 5.85. The van der Waals surface area contributed by atoms with Crippen LogP contribution in [0.2, 0.25) is 0 Å². The van der Waals surface area contributed by atoms with Gasteiger partial charge in [0, 0.05) is 13.0 Å². The molecule has 1 unspecified atom stereocenters. The van der Waals surface area contributed by atoms with E-state index in [1.807, 2.05) is 30.3 Å². The van der Waals surface area contributed by atoms with Gasteiger partial charge >= 0.3 is 0 Å². The van der Waals surface area contributed by atoms with E-state index in [0.717, 1.165) is 18.4 Å². The molecule has 2 rings (SSSR count). The van der Waals surface area contributed by atoms with Crippen LogP contribution < -0.4 is 5.32 Å². The van der Waals surface area contributed by atoms with Gasteiger partial charge in [0.25, 0.3) is 0 Å². The molecule has 1 aromatic carbocycles. The van der Waals surface area contributed by atoms with Crippen LogP contribution >= 0.6 is 0 Å². The molecule has 1 fully saturated rings. The molecule has 0 bridgehead atoms. The second kappa shape index (κ2) is 6.72. The summed E-state index contributed by atoms with van der Waals surface area (Å²) in [4.78, 5) is 25.1. The van der Waals surface area contributed by atoms with E-state index in [2.05, 4.69) is 5.32 Å². The first-order valence-electron chi connectivity index (χ1n) is 7.31. The number of carbonyl (C=O) groups excluding carboxylic acids is 2. The number of nitrogens with one attached hydrogen (secondary N) is 1. The third-order valence-electron chi connectivity index (χ3n) is 3.78. The largest absolute Gasteiger partial charge is 0.384 e. The number of likely N-dealkylation sites (tertiary alicyclic amines) is 1. The maximum Gasteiger partial charge on any atom is 0.239 e. The Balaban J connectivity index is 1.84. The summed E-state index contributed by atoms with van der Waals surface area (Å²) in [6, 6.07) is 9.21. The van der Waals surface area contributed by atoms with Crippen LogP contribution in [0.15, 0.2) is 30.3 Å². The quantitative estimate of drug-likeness (QED) is 0.851. The van der Waals surface area contributed by atoms with E-state index in [4.69, 9.17) is 0 Å². The molecule has 2 N–H and O–H groups in total. The lowest BCUT2D eigenvalue weighted by molar-refractivity contribution is -0.138. The lowest BCUT2D eigenvalue weighted by Gasteiger charge is -2.28. The molecule has 21 heavy (non-hydrogen) atoms. The van der Waals surface area contributed by atoms with Crippen molar-refractivity contribution in [1.82, 2.24) is 10.2 Å². The number of aliphatic hydroxyl groups is 1. The topological polar surface area (TPSA) is 69.6 Å². The highest BCUT2D eigenvalue weighted by Gasteiger charge is 2.25. The van der Waals surface area contributed by atoms with Crippen LogP contribution in [0.4, 0.5) is 0 Å². The molecule has 0 saturated carbocycles. The number of piperidine rings is 1. The Morgan fingerprint density at radius 3 is 2.71 bits per heavy atom. The Labute approximate surface area is 125 Å². The third kappa shape index (κ3) is 4.29. The fourth-order valence-electron chi connectivity index (χ4n) is 2.43. The van der Waals surface area contributed by atoms with Crippen molar-refractivity contribution in [2.45, 2.75) is 31.8 Å². The van der Waals surface area contributed by atoms with Gasteiger partial charge in [-0.15, -0.1) is 0 Å². The standard InChI is InChI=1S/C16H22N2O3/c1-16(21,13-7-3-2-4-8-13)12-17-14(19)11-18-10-6-5-9-15(18)20/h2-4,7-8,21H,5-6,9-12H2,1H3,(H,17,19). The Kier molecular flexibility index (Phi) is 4.96. The summed E-state index contributed by atoms with van der Waals surface area (Å²) in [7, 11) is 0. The molecule has 1 saturated heterocycles. The van der Waals surface area contributed by atoms with E-state index in [1.165, 1.54) is 0 Å². The minimum Gasteiger partial charge on any atom is -0.384 e. The summed E-state index contributed by atoms with van der Waals surface area (Å²) >= 11 is 0. The fraction of sp³-hybridized carbons (Fsp3) is 0.500. The average molecular weight is 290 g/mol. The lowest BCUT2D eigenvalue weighted by atomic mass is 9.96. The highest BCUT2D eigenvalue weighted by Crippen LogP contribution is 2.18. The van der Waals surface area contributed by atoms with Crippen molar-refractivity contribution >= 4 is 11.8 Å². The Bertz CT molecular complexity index is 500. The average Bonchev–Trinajstić information content (AvgIpc) is 2.49. The van der Waals surface area contributed by atoms with Gasteiger partial charge in [0.05, 0.1) is 13.1 Å². The summed E-state index contributed by atoms with van der Waals surface area (Å²) in [5.74, 6) is -0.201. The normalized spacial score (nSPS) is 18.2. The van der Waals surface area contributed by atoms with Gasteiger partial charge < -0.3 is 15.3 Å². The van der Waals surface area contributed by atoms with Crippen LogP contribution in [0.1, 0.15) is 31.7 Å². The minimum absolute atomic E-state index is 0.0335. The summed E-state index contributed by atoms with van der Waals surface area (Å²) in [5, 5.41) is 13.1. The number of nitrogens with zero attached hydrogens (tertiary/aromatic N) is 1. The number of benzene rings is 1. The molecular weight excluding hydrogens is 268 g/mol. The SMILES string of the molecule is CC(O)(CNC(=O)CN1CCCCC1=O)c1ccccc1. The van der Waals surface area contributed by atoms with Crippen molar-refractivity contribution in [2.75, 3.05) is 19.6 Å². The Hall–Kier alpha value is -1.88. The molecule has 0 radical (unpaired) electrons. The van der Waals surface area contributed by atoms with Crippen LogP contribution in [0.5, 0.6) is 0 Å². The predicted octanol–water partition coefficient (Wildman–Crippen LogP) is 1.02. The van der Waals surface area contributed by atoms with Crippen molar-refractivity contribution in [1.29, 1.82) is 0 Å². The molecule has 0 aliphatic carbocycles. The van der Waals surface area contributed by atoms with Gasteiger partial charge in [0.2, 0.25) is 11.8 Å². The van der Waals surface area contributed by atoms with Crippen molar-refractivity contribution in [3.63, 3.8) is 0 Å². The first-order valence-corrected chi connectivity index (χ1v) is 7.31. The van der Waals surface area contributed by atoms with E-state index < -0.39 is 5.60 Å². The van der Waals surface area contributed by atoms with Crippen molar-refractivity contribution in [2.24, 2.45) is 0 Å². The first kappa shape index (κ1) is 15.5. The molecule has 1 aromatic rings. The molecule has 1 aliphatic heterocycles. The molecule has 5 nitrogen and oxygen atoms in total. The smallest absolute Gasteiger partial charge is 0.239 e. The molecule has 1 heterocycles. The zero-order valence-corrected chi connectivity index (χ0v) is 12.3. The van der Waals surface area contributed by atoms with Crippen molar-refractivity contribution < 1.29 is 14.7 Å². The van der Waals surface area contributed by atoms with E-state index >= 15 is 0 Å². The second-order valence-electron chi connectivity index (χ2n) is 5.69. The van der Waals surface area contributed by atoms with E-state index in [1.54, 1.807) is 11.8 Å². The maximum atomic E-state index is 11.9. The number of hydrogen-bond acceptors (Lipinski definition) is 3. The molecule has 1 atom stereocenters. The van der Waals surface area contributed by atoms with Gasteiger partial charge in [-0.25, -0.2) is 0 Å². The van der Waals surface area contributed by atoms with E-state index in [0.29, 0.717) is 13.0 Å². The van der Waals surface area contributed by atoms with Crippen LogP contribution in [0, 0.1) is 0 Å². The summed E-state index contributed by atoms with van der Waals surface area (Å²) in [5.41, 5.74) is -0.373. The third-order valence-corrected chi connectivity index (χ3v) is 3.78. The monoisotopic (exact) mass is 290 g/mol. The maximum absolute atomic E-state index is 11.9. The lowest BCUT2D eigenvalue weighted by Crippen LogP contribution is -2.46. The van der Waals surface area contributed by atoms with Crippen LogP contribution in [-0.2, 0) is 15.2 Å². The van der Waals surface area contributed by atoms with Crippen LogP contribution in [0.25, 0.3) is 0 Å². The molecule has 1 aliphatic rings. The zero-order valence-electron chi connectivity index (χ0n) is 12.3. The van der Waals surface area contributed by atoms with Crippen molar-refractivity contribution in [3.05, 3.63) is 35.9 Å². The second-order valence-corrected chi connectivity index (χ2v) is 5.69. The minimum atomic E-state index is -1.12. The molecule has 0 aromatic heterocycles. The molecule has 0 spiro atoms. The van der Waals surface area contributed by atoms with Gasteiger partial charge in [-0.05, 0) is 25.3 Å².